The predicted molar refractivity (Wildman–Crippen MR) is 88.6 cm³/mol. The van der Waals surface area contributed by atoms with E-state index in [1.54, 1.807) is 8.61 Å². The van der Waals surface area contributed by atoms with Gasteiger partial charge in [0.25, 0.3) is 10.2 Å². The maximum absolute atomic E-state index is 12.9. The van der Waals surface area contributed by atoms with Crippen molar-refractivity contribution >= 4 is 10.2 Å². The smallest absolute Gasteiger partial charge is 0.281 e. The fourth-order valence-corrected chi connectivity index (χ4v) is 6.31. The molecule has 3 fully saturated rings. The molecule has 0 amide bonds. The molecular weight excluding hydrogens is 298 g/mol. The molecule has 2 heterocycles. The average molecular weight is 330 g/mol. The Balaban J connectivity index is 1.61. The van der Waals surface area contributed by atoms with Gasteiger partial charge in [-0.15, -0.1) is 0 Å². The molecular formula is C16H31N3O2S. The lowest BCUT2D eigenvalue weighted by Crippen LogP contribution is -2.52. The molecule has 0 bridgehead atoms. The van der Waals surface area contributed by atoms with Gasteiger partial charge in [-0.3, -0.25) is 0 Å². The molecule has 2 aliphatic heterocycles. The van der Waals surface area contributed by atoms with E-state index in [4.69, 9.17) is 5.73 Å². The van der Waals surface area contributed by atoms with Crippen molar-refractivity contribution in [1.82, 2.24) is 8.61 Å². The van der Waals surface area contributed by atoms with E-state index in [1.165, 1.54) is 32.1 Å². The van der Waals surface area contributed by atoms with Crippen LogP contribution in [-0.4, -0.2) is 49.8 Å². The molecule has 1 atom stereocenters. The van der Waals surface area contributed by atoms with Crippen LogP contribution in [0.3, 0.4) is 0 Å². The lowest BCUT2D eigenvalue weighted by atomic mass is 9.68. The summed E-state index contributed by atoms with van der Waals surface area (Å²) in [5.74, 6) is 0.331. The van der Waals surface area contributed by atoms with Crippen molar-refractivity contribution in [2.75, 3.05) is 32.7 Å². The fourth-order valence-electron chi connectivity index (χ4n) is 4.59. The molecule has 22 heavy (non-hydrogen) atoms. The van der Waals surface area contributed by atoms with Crippen molar-refractivity contribution in [1.29, 1.82) is 0 Å². The Labute approximate surface area is 135 Å². The highest BCUT2D eigenvalue weighted by Gasteiger charge is 2.41. The van der Waals surface area contributed by atoms with E-state index >= 15 is 0 Å². The van der Waals surface area contributed by atoms with Crippen molar-refractivity contribution in [3.05, 3.63) is 0 Å². The van der Waals surface area contributed by atoms with Gasteiger partial charge in [-0.1, -0.05) is 19.3 Å². The van der Waals surface area contributed by atoms with Gasteiger partial charge in [0.1, 0.15) is 0 Å². The summed E-state index contributed by atoms with van der Waals surface area (Å²) < 4.78 is 29.2. The number of nitrogens with zero attached hydrogens (tertiary/aromatic N) is 2. The number of nitrogens with two attached hydrogens (primary N) is 1. The minimum atomic E-state index is -3.27. The highest BCUT2D eigenvalue weighted by atomic mass is 32.2. The molecule has 0 radical (unpaired) electrons. The molecule has 3 rings (SSSR count). The van der Waals surface area contributed by atoms with Crippen molar-refractivity contribution in [3.63, 3.8) is 0 Å². The van der Waals surface area contributed by atoms with Gasteiger partial charge in [0, 0.05) is 26.2 Å². The van der Waals surface area contributed by atoms with Crippen LogP contribution < -0.4 is 5.73 Å². The van der Waals surface area contributed by atoms with E-state index in [9.17, 15) is 8.42 Å². The topological polar surface area (TPSA) is 66.6 Å². The zero-order valence-corrected chi connectivity index (χ0v) is 14.5. The first kappa shape index (κ1) is 16.7. The Hall–Kier alpha value is -0.170. The fraction of sp³-hybridized carbons (Fsp3) is 1.00. The van der Waals surface area contributed by atoms with Crippen LogP contribution in [0.5, 0.6) is 0 Å². The summed E-state index contributed by atoms with van der Waals surface area (Å²) in [4.78, 5) is 0. The average Bonchev–Trinajstić information content (AvgIpc) is 2.56. The zero-order chi connectivity index (χ0) is 15.6. The van der Waals surface area contributed by atoms with Gasteiger partial charge in [-0.25, -0.2) is 0 Å². The van der Waals surface area contributed by atoms with Crippen molar-refractivity contribution < 1.29 is 8.42 Å². The van der Waals surface area contributed by atoms with Gasteiger partial charge in [-0.05, 0) is 56.4 Å². The Morgan fingerprint density at radius 3 is 2.23 bits per heavy atom. The number of hydrogen-bond donors (Lipinski definition) is 1. The third-order valence-corrected chi connectivity index (χ3v) is 8.17. The summed E-state index contributed by atoms with van der Waals surface area (Å²) in [7, 11) is -3.27. The lowest BCUT2D eigenvalue weighted by molar-refractivity contribution is 0.0981. The molecule has 2 saturated heterocycles. The Morgan fingerprint density at radius 2 is 1.59 bits per heavy atom. The van der Waals surface area contributed by atoms with Gasteiger partial charge >= 0.3 is 0 Å². The quantitative estimate of drug-likeness (QED) is 0.860. The molecule has 5 nitrogen and oxygen atoms in total. The first-order valence-electron chi connectivity index (χ1n) is 9.01. The summed E-state index contributed by atoms with van der Waals surface area (Å²) in [6, 6.07) is 0. The van der Waals surface area contributed by atoms with Gasteiger partial charge in [0.05, 0.1) is 0 Å². The van der Waals surface area contributed by atoms with Crippen LogP contribution >= 0.6 is 0 Å². The van der Waals surface area contributed by atoms with Crippen molar-refractivity contribution in [3.8, 4) is 0 Å². The molecule has 6 heteroatoms. The summed E-state index contributed by atoms with van der Waals surface area (Å²) in [6.07, 6.45) is 10.7. The monoisotopic (exact) mass is 329 g/mol. The van der Waals surface area contributed by atoms with Crippen LogP contribution in [0.25, 0.3) is 0 Å². The third-order valence-electron chi connectivity index (χ3n) is 6.16. The second-order valence-corrected chi connectivity index (χ2v) is 9.50. The highest BCUT2D eigenvalue weighted by Crippen LogP contribution is 2.45. The normalized spacial score (nSPS) is 31.4. The summed E-state index contributed by atoms with van der Waals surface area (Å²) in [5, 5.41) is 0. The maximum Gasteiger partial charge on any atom is 0.281 e. The third kappa shape index (κ3) is 3.35. The van der Waals surface area contributed by atoms with Crippen LogP contribution in [0.15, 0.2) is 0 Å². The molecule has 1 saturated carbocycles. The number of piperidine rings is 2. The Morgan fingerprint density at radius 1 is 0.909 bits per heavy atom. The summed E-state index contributed by atoms with van der Waals surface area (Å²) >= 11 is 0. The van der Waals surface area contributed by atoms with Crippen LogP contribution in [-0.2, 0) is 10.2 Å². The minimum absolute atomic E-state index is 0.331. The van der Waals surface area contributed by atoms with E-state index in [0.29, 0.717) is 44.1 Å². The molecule has 3 aliphatic rings. The highest BCUT2D eigenvalue weighted by molar-refractivity contribution is 7.86. The molecule has 1 spiro atoms. The molecule has 128 valence electrons. The van der Waals surface area contributed by atoms with Crippen LogP contribution in [0.1, 0.15) is 57.8 Å². The largest absolute Gasteiger partial charge is 0.330 e. The molecule has 0 aromatic heterocycles. The summed E-state index contributed by atoms with van der Waals surface area (Å²) in [6.45, 7) is 3.30. The minimum Gasteiger partial charge on any atom is -0.330 e. The molecule has 0 aromatic carbocycles. The molecule has 1 unspecified atom stereocenters. The SMILES string of the molecule is NCC1CCCN(S(=O)(=O)N2CCC3(CCCCC3)CC2)C1. The van der Waals surface area contributed by atoms with Gasteiger partial charge in [0.2, 0.25) is 0 Å². The second-order valence-electron chi connectivity index (χ2n) is 7.57. The first-order chi connectivity index (χ1) is 10.6. The number of rotatable bonds is 3. The van der Waals surface area contributed by atoms with Gasteiger partial charge in [-0.2, -0.15) is 17.0 Å². The van der Waals surface area contributed by atoms with Crippen molar-refractivity contribution in [2.45, 2.75) is 57.8 Å². The predicted octanol–water partition coefficient (Wildman–Crippen LogP) is 1.95. The van der Waals surface area contributed by atoms with Crippen LogP contribution in [0.4, 0.5) is 0 Å². The van der Waals surface area contributed by atoms with E-state index in [-0.39, 0.29) is 0 Å². The van der Waals surface area contributed by atoms with Gasteiger partial charge in [0.15, 0.2) is 0 Å². The van der Waals surface area contributed by atoms with Crippen LogP contribution in [0.2, 0.25) is 0 Å². The molecule has 2 N–H and O–H groups in total. The standard InChI is InChI=1S/C16H31N3O2S/c17-13-15-5-4-10-19(14-15)22(20,21)18-11-8-16(9-12-18)6-2-1-3-7-16/h15H,1-14,17H2. The van der Waals surface area contributed by atoms with Gasteiger partial charge < -0.3 is 5.73 Å². The number of hydrogen-bond acceptors (Lipinski definition) is 3. The van der Waals surface area contributed by atoms with E-state index in [1.807, 2.05) is 0 Å². The Bertz CT molecular complexity index is 464. The molecule has 0 aromatic rings. The Kier molecular flexibility index (Phi) is 5.12. The second kappa shape index (κ2) is 6.75. The van der Waals surface area contributed by atoms with Crippen LogP contribution in [0, 0.1) is 11.3 Å². The molecule has 1 aliphatic carbocycles. The zero-order valence-electron chi connectivity index (χ0n) is 13.7. The summed E-state index contributed by atoms with van der Waals surface area (Å²) in [5.41, 5.74) is 6.20. The first-order valence-corrected chi connectivity index (χ1v) is 10.4. The van der Waals surface area contributed by atoms with E-state index in [2.05, 4.69) is 0 Å². The van der Waals surface area contributed by atoms with E-state index in [0.717, 1.165) is 25.7 Å². The van der Waals surface area contributed by atoms with Crippen molar-refractivity contribution in [2.24, 2.45) is 17.1 Å². The lowest BCUT2D eigenvalue weighted by Gasteiger charge is -2.45. The van der Waals surface area contributed by atoms with E-state index < -0.39 is 10.2 Å². The maximum atomic E-state index is 12.9.